The first kappa shape index (κ1) is 21.2. The van der Waals surface area contributed by atoms with E-state index in [2.05, 4.69) is 6.07 Å². The predicted octanol–water partition coefficient (Wildman–Crippen LogP) is 5.44. The van der Waals surface area contributed by atoms with Crippen LogP contribution in [-0.4, -0.2) is 29.3 Å². The van der Waals surface area contributed by atoms with Crippen LogP contribution < -0.4 is 0 Å². The number of hydrogen-bond acceptors (Lipinski definition) is 3. The van der Waals surface area contributed by atoms with Gasteiger partial charge in [-0.3, -0.25) is 4.90 Å². The highest BCUT2D eigenvalue weighted by Crippen LogP contribution is 2.44. The van der Waals surface area contributed by atoms with Gasteiger partial charge in [0.2, 0.25) is 0 Å². The van der Waals surface area contributed by atoms with Crippen molar-refractivity contribution < 1.29 is 18.3 Å². The minimum atomic E-state index is -1.26. The fourth-order valence-corrected chi connectivity index (χ4v) is 4.22. The third-order valence-electron chi connectivity index (χ3n) is 6.25. The van der Waals surface area contributed by atoms with Crippen LogP contribution in [0.1, 0.15) is 32.3 Å². The summed E-state index contributed by atoms with van der Waals surface area (Å²) < 4.78 is 44.6. The zero-order valence-corrected chi connectivity index (χ0v) is 16.6. The molecule has 2 aromatic carbocycles. The van der Waals surface area contributed by atoms with Gasteiger partial charge in [0.25, 0.3) is 0 Å². The molecule has 1 aliphatic rings. The molecule has 2 aromatic rings. The molecule has 1 aliphatic heterocycles. The Labute approximate surface area is 169 Å². The molecule has 0 saturated carbocycles. The lowest BCUT2D eigenvalue weighted by atomic mass is 9.67. The van der Waals surface area contributed by atoms with Gasteiger partial charge in [0.1, 0.15) is 12.0 Å². The van der Waals surface area contributed by atoms with Crippen LogP contribution >= 0.6 is 0 Å². The third-order valence-corrected chi connectivity index (χ3v) is 6.25. The van der Waals surface area contributed by atoms with Crippen molar-refractivity contribution in [3.8, 4) is 22.9 Å². The Kier molecular flexibility index (Phi) is 6.18. The van der Waals surface area contributed by atoms with E-state index in [1.165, 1.54) is 0 Å². The number of piperidine rings is 1. The van der Waals surface area contributed by atoms with Crippen molar-refractivity contribution in [1.82, 2.24) is 4.90 Å². The lowest BCUT2D eigenvalue weighted by molar-refractivity contribution is -0.0258. The standard InChI is InChI=1S/C23H25F3N2O/c1-15(2)23(8-10-27)9-11-28(14-20(23)25)13-18-19(24)12-17(22(29)21(18)26)16-6-4-3-5-7-16/h3-7,12,15,20,29H,8-9,11,13-14H2,1-2H3. The quantitative estimate of drug-likeness (QED) is 0.725. The van der Waals surface area contributed by atoms with Crippen LogP contribution in [-0.2, 0) is 6.54 Å². The first-order valence-corrected chi connectivity index (χ1v) is 9.78. The molecule has 1 saturated heterocycles. The highest BCUT2D eigenvalue weighted by molar-refractivity contribution is 5.71. The second kappa shape index (κ2) is 8.46. The molecular formula is C23H25F3N2O. The summed E-state index contributed by atoms with van der Waals surface area (Å²) in [4.78, 5) is 1.64. The summed E-state index contributed by atoms with van der Waals surface area (Å²) in [5.41, 5.74) is -0.415. The van der Waals surface area contributed by atoms with E-state index in [0.717, 1.165) is 6.07 Å². The predicted molar refractivity (Wildman–Crippen MR) is 106 cm³/mol. The number of phenols is 1. The van der Waals surface area contributed by atoms with Crippen LogP contribution in [0.15, 0.2) is 36.4 Å². The lowest BCUT2D eigenvalue weighted by Gasteiger charge is -2.46. The number of benzene rings is 2. The Balaban J connectivity index is 1.83. The van der Waals surface area contributed by atoms with E-state index >= 15 is 4.39 Å². The Morgan fingerprint density at radius 1 is 1.28 bits per heavy atom. The first-order valence-electron chi connectivity index (χ1n) is 9.78. The highest BCUT2D eigenvalue weighted by atomic mass is 19.1. The van der Waals surface area contributed by atoms with Gasteiger partial charge in [-0.05, 0) is 30.5 Å². The number of aromatic hydroxyl groups is 1. The zero-order chi connectivity index (χ0) is 21.2. The van der Waals surface area contributed by atoms with Crippen molar-refractivity contribution in [2.45, 2.75) is 39.4 Å². The molecule has 154 valence electrons. The van der Waals surface area contributed by atoms with E-state index in [0.29, 0.717) is 18.5 Å². The molecular weight excluding hydrogens is 377 g/mol. The topological polar surface area (TPSA) is 47.3 Å². The second-order valence-corrected chi connectivity index (χ2v) is 8.09. The van der Waals surface area contributed by atoms with Gasteiger partial charge in [-0.2, -0.15) is 5.26 Å². The molecule has 1 fully saturated rings. The zero-order valence-electron chi connectivity index (χ0n) is 16.6. The maximum Gasteiger partial charge on any atom is 0.172 e. The molecule has 29 heavy (non-hydrogen) atoms. The number of alkyl halides is 1. The van der Waals surface area contributed by atoms with Crippen LogP contribution in [0.2, 0.25) is 0 Å². The summed E-state index contributed by atoms with van der Waals surface area (Å²) in [7, 11) is 0. The molecule has 2 unspecified atom stereocenters. The number of nitriles is 1. The number of likely N-dealkylation sites (tertiary alicyclic amines) is 1. The Hall–Kier alpha value is -2.52. The van der Waals surface area contributed by atoms with Gasteiger partial charge in [-0.15, -0.1) is 0 Å². The summed E-state index contributed by atoms with van der Waals surface area (Å²) >= 11 is 0. The van der Waals surface area contributed by atoms with Crippen LogP contribution in [0.4, 0.5) is 13.2 Å². The monoisotopic (exact) mass is 402 g/mol. The molecule has 0 amide bonds. The summed E-state index contributed by atoms with van der Waals surface area (Å²) in [6, 6.07) is 11.7. The van der Waals surface area contributed by atoms with Gasteiger partial charge >= 0.3 is 0 Å². The summed E-state index contributed by atoms with van der Waals surface area (Å²) in [5, 5.41) is 19.4. The number of halogens is 3. The molecule has 0 aromatic heterocycles. The largest absolute Gasteiger partial charge is 0.504 e. The molecule has 1 heterocycles. The minimum Gasteiger partial charge on any atom is -0.504 e. The van der Waals surface area contributed by atoms with E-state index in [-0.39, 0.29) is 36.6 Å². The smallest absolute Gasteiger partial charge is 0.172 e. The summed E-state index contributed by atoms with van der Waals surface area (Å²) in [6.45, 7) is 4.10. The first-order chi connectivity index (χ1) is 13.8. The fraction of sp³-hybridized carbons (Fsp3) is 0.435. The molecule has 3 nitrogen and oxygen atoms in total. The average Bonchev–Trinajstić information content (AvgIpc) is 2.70. The number of rotatable bonds is 5. The Bertz CT molecular complexity index is 911. The van der Waals surface area contributed by atoms with E-state index < -0.39 is 29.0 Å². The van der Waals surface area contributed by atoms with Crippen LogP contribution in [0.5, 0.6) is 5.75 Å². The van der Waals surface area contributed by atoms with Crippen LogP contribution in [0.3, 0.4) is 0 Å². The highest BCUT2D eigenvalue weighted by Gasteiger charge is 2.46. The van der Waals surface area contributed by atoms with Gasteiger partial charge in [-0.1, -0.05) is 44.2 Å². The SMILES string of the molecule is CC(C)C1(CC#N)CCN(Cc2c(F)cc(-c3ccccc3)c(O)c2F)CC1F. The van der Waals surface area contributed by atoms with E-state index in [1.54, 1.807) is 35.2 Å². The summed E-state index contributed by atoms with van der Waals surface area (Å²) in [5.74, 6) is -2.41. The number of hydrogen-bond donors (Lipinski definition) is 1. The Morgan fingerprint density at radius 3 is 2.55 bits per heavy atom. The molecule has 0 radical (unpaired) electrons. The third kappa shape index (κ3) is 3.97. The number of nitrogens with zero attached hydrogens (tertiary/aromatic N) is 2. The van der Waals surface area contributed by atoms with E-state index in [9.17, 15) is 13.9 Å². The minimum absolute atomic E-state index is 0.0000609. The van der Waals surface area contributed by atoms with Gasteiger partial charge in [0.05, 0.1) is 6.07 Å². The van der Waals surface area contributed by atoms with Gasteiger partial charge < -0.3 is 5.11 Å². The molecule has 2 atom stereocenters. The van der Waals surface area contributed by atoms with E-state index in [1.807, 2.05) is 13.8 Å². The van der Waals surface area contributed by atoms with E-state index in [4.69, 9.17) is 5.26 Å². The van der Waals surface area contributed by atoms with Crippen molar-refractivity contribution in [2.75, 3.05) is 13.1 Å². The van der Waals surface area contributed by atoms with Gasteiger partial charge in [0, 0.05) is 36.1 Å². The molecule has 0 aliphatic carbocycles. The van der Waals surface area contributed by atoms with Crippen molar-refractivity contribution >= 4 is 0 Å². The average molecular weight is 402 g/mol. The second-order valence-electron chi connectivity index (χ2n) is 8.09. The maximum absolute atomic E-state index is 15.0. The van der Waals surface area contributed by atoms with Crippen molar-refractivity contribution in [2.24, 2.45) is 11.3 Å². The molecule has 0 bridgehead atoms. The van der Waals surface area contributed by atoms with Crippen LogP contribution in [0, 0.1) is 34.3 Å². The van der Waals surface area contributed by atoms with Crippen molar-refractivity contribution in [3.05, 3.63) is 53.6 Å². The fourth-order valence-electron chi connectivity index (χ4n) is 4.22. The van der Waals surface area contributed by atoms with Gasteiger partial charge in [0.15, 0.2) is 11.6 Å². The molecule has 1 N–H and O–H groups in total. The number of phenolic OH excluding ortho intramolecular Hbond substituents is 1. The lowest BCUT2D eigenvalue weighted by Crippen LogP contribution is -2.51. The maximum atomic E-state index is 15.0. The normalized spacial score (nSPS) is 22.6. The Morgan fingerprint density at radius 2 is 1.97 bits per heavy atom. The van der Waals surface area contributed by atoms with Gasteiger partial charge in [-0.25, -0.2) is 13.2 Å². The molecule has 6 heteroatoms. The molecule has 3 rings (SSSR count). The molecule has 0 spiro atoms. The van der Waals surface area contributed by atoms with Crippen molar-refractivity contribution in [3.63, 3.8) is 0 Å². The summed E-state index contributed by atoms with van der Waals surface area (Å²) in [6.07, 6.45) is -0.703. The van der Waals surface area contributed by atoms with Crippen LogP contribution in [0.25, 0.3) is 11.1 Å². The van der Waals surface area contributed by atoms with Crippen molar-refractivity contribution in [1.29, 1.82) is 5.26 Å².